The van der Waals surface area contributed by atoms with E-state index in [1.54, 1.807) is 6.92 Å². The van der Waals surface area contributed by atoms with E-state index in [-0.39, 0.29) is 11.7 Å². The van der Waals surface area contributed by atoms with Crippen molar-refractivity contribution in [3.63, 3.8) is 0 Å². The maximum absolute atomic E-state index is 10.9. The number of carbonyl (C=O) groups excluding carboxylic acids is 2. The molecule has 68 valence electrons. The number of nitrogens with one attached hydrogen (secondary N) is 1. The predicted molar refractivity (Wildman–Crippen MR) is 47.7 cm³/mol. The maximum Gasteiger partial charge on any atom is 0.246 e. The number of amides is 1. The lowest BCUT2D eigenvalue weighted by atomic mass is 10.2. The molecule has 3 heteroatoms. The Kier molecular flexibility index (Phi) is 5.00. The van der Waals surface area contributed by atoms with Crippen molar-refractivity contribution >= 4 is 11.7 Å². The fraction of sp³-hybridized carbons (Fsp3) is 0.556. The maximum atomic E-state index is 10.9. The molecule has 0 saturated heterocycles. The monoisotopic (exact) mass is 169 g/mol. The first kappa shape index (κ1) is 10.9. The molecule has 0 aromatic heterocycles. The zero-order chi connectivity index (χ0) is 9.56. The Morgan fingerprint density at radius 1 is 1.42 bits per heavy atom. The van der Waals surface area contributed by atoms with Crippen LogP contribution in [0.1, 0.15) is 26.7 Å². The largest absolute Gasteiger partial charge is 0.352 e. The van der Waals surface area contributed by atoms with E-state index in [1.807, 2.05) is 6.92 Å². The Balaban J connectivity index is 3.50. The van der Waals surface area contributed by atoms with Crippen LogP contribution < -0.4 is 5.32 Å². The Morgan fingerprint density at radius 2 is 2.00 bits per heavy atom. The molecule has 0 aliphatic carbocycles. The average Bonchev–Trinajstić information content (AvgIpc) is 2.03. The molecule has 3 nitrogen and oxygen atoms in total. The fourth-order valence-electron chi connectivity index (χ4n) is 0.643. The summed E-state index contributed by atoms with van der Waals surface area (Å²) in [7, 11) is 0. The number of Topliss-reactive ketones (excluding diaryl/α,β-unsaturated/α-hetero) is 1. The van der Waals surface area contributed by atoms with Crippen molar-refractivity contribution in [2.45, 2.75) is 26.7 Å². The summed E-state index contributed by atoms with van der Waals surface area (Å²) in [6.07, 6.45) is 0.943. The normalized spacial score (nSPS) is 9.17. The first-order valence-electron chi connectivity index (χ1n) is 4.03. The Hall–Kier alpha value is -1.12. The van der Waals surface area contributed by atoms with Gasteiger partial charge in [-0.2, -0.15) is 0 Å². The number of hydrogen-bond donors (Lipinski definition) is 1. The van der Waals surface area contributed by atoms with Gasteiger partial charge in [0, 0.05) is 25.0 Å². The van der Waals surface area contributed by atoms with E-state index < -0.39 is 0 Å². The molecule has 0 bridgehead atoms. The summed E-state index contributed by atoms with van der Waals surface area (Å²) in [6.45, 7) is 7.34. The fourth-order valence-corrected chi connectivity index (χ4v) is 0.643. The van der Waals surface area contributed by atoms with E-state index in [1.165, 1.54) is 0 Å². The molecule has 0 radical (unpaired) electrons. The molecule has 0 aromatic rings. The van der Waals surface area contributed by atoms with Crippen molar-refractivity contribution in [3.8, 4) is 0 Å². The summed E-state index contributed by atoms with van der Waals surface area (Å²) in [6, 6.07) is 0. The summed E-state index contributed by atoms with van der Waals surface area (Å²) in [4.78, 5) is 21.7. The van der Waals surface area contributed by atoms with E-state index in [0.717, 1.165) is 0 Å². The second-order valence-corrected chi connectivity index (χ2v) is 2.68. The van der Waals surface area contributed by atoms with E-state index >= 15 is 0 Å². The zero-order valence-electron chi connectivity index (χ0n) is 7.64. The van der Waals surface area contributed by atoms with Crippen molar-refractivity contribution in [2.24, 2.45) is 0 Å². The van der Waals surface area contributed by atoms with Gasteiger partial charge < -0.3 is 5.32 Å². The van der Waals surface area contributed by atoms with Crippen LogP contribution in [-0.2, 0) is 9.59 Å². The van der Waals surface area contributed by atoms with Gasteiger partial charge in [-0.1, -0.05) is 13.5 Å². The molecule has 0 atom stereocenters. The molecule has 1 N–H and O–H groups in total. The van der Waals surface area contributed by atoms with Crippen LogP contribution in [0, 0.1) is 0 Å². The SMILES string of the molecule is C=C(C)C(=O)NCCC(=O)CC. The Labute approximate surface area is 72.8 Å². The highest BCUT2D eigenvalue weighted by Crippen LogP contribution is 1.89. The van der Waals surface area contributed by atoms with Crippen molar-refractivity contribution in [3.05, 3.63) is 12.2 Å². The summed E-state index contributed by atoms with van der Waals surface area (Å²) < 4.78 is 0. The molecule has 0 rings (SSSR count). The van der Waals surface area contributed by atoms with E-state index in [9.17, 15) is 9.59 Å². The van der Waals surface area contributed by atoms with Crippen molar-refractivity contribution in [1.82, 2.24) is 5.32 Å². The molecule has 1 amide bonds. The van der Waals surface area contributed by atoms with Gasteiger partial charge in [-0.25, -0.2) is 0 Å². The molecular weight excluding hydrogens is 154 g/mol. The van der Waals surface area contributed by atoms with Crippen LogP contribution in [0.3, 0.4) is 0 Å². The molecule has 0 spiro atoms. The van der Waals surface area contributed by atoms with Gasteiger partial charge in [0.1, 0.15) is 5.78 Å². The number of ketones is 1. The second-order valence-electron chi connectivity index (χ2n) is 2.68. The highest BCUT2D eigenvalue weighted by molar-refractivity contribution is 5.92. The quantitative estimate of drug-likeness (QED) is 0.625. The van der Waals surface area contributed by atoms with Gasteiger partial charge in [-0.15, -0.1) is 0 Å². The number of carbonyl (C=O) groups is 2. The molecule has 0 saturated carbocycles. The minimum Gasteiger partial charge on any atom is -0.352 e. The van der Waals surface area contributed by atoms with Crippen LogP contribution in [0.25, 0.3) is 0 Å². The smallest absolute Gasteiger partial charge is 0.246 e. The third-order valence-corrected chi connectivity index (χ3v) is 1.47. The minimum atomic E-state index is -0.182. The van der Waals surface area contributed by atoms with Crippen LogP contribution in [0.4, 0.5) is 0 Å². The molecule has 12 heavy (non-hydrogen) atoms. The Morgan fingerprint density at radius 3 is 2.42 bits per heavy atom. The summed E-state index contributed by atoms with van der Waals surface area (Å²) in [5.74, 6) is -0.0177. The van der Waals surface area contributed by atoms with Crippen LogP contribution in [-0.4, -0.2) is 18.2 Å². The molecule has 0 heterocycles. The first-order chi connectivity index (χ1) is 5.57. The van der Waals surface area contributed by atoms with Crippen LogP contribution in [0.5, 0.6) is 0 Å². The van der Waals surface area contributed by atoms with Crippen LogP contribution in [0.15, 0.2) is 12.2 Å². The second kappa shape index (κ2) is 5.52. The predicted octanol–water partition coefficient (Wildman–Crippen LogP) is 1.05. The highest BCUT2D eigenvalue weighted by atomic mass is 16.1. The average molecular weight is 169 g/mol. The molecule has 0 unspecified atom stereocenters. The van der Waals surface area contributed by atoms with Gasteiger partial charge in [-0.3, -0.25) is 9.59 Å². The topological polar surface area (TPSA) is 46.2 Å². The Bertz CT molecular complexity index is 197. The summed E-state index contributed by atoms with van der Waals surface area (Å²) in [5.41, 5.74) is 0.471. The lowest BCUT2D eigenvalue weighted by molar-refractivity contribution is -0.119. The van der Waals surface area contributed by atoms with Gasteiger partial charge in [0.25, 0.3) is 0 Å². The van der Waals surface area contributed by atoms with Crippen molar-refractivity contribution in [1.29, 1.82) is 0 Å². The van der Waals surface area contributed by atoms with Crippen molar-refractivity contribution < 1.29 is 9.59 Å². The van der Waals surface area contributed by atoms with E-state index in [4.69, 9.17) is 0 Å². The lowest BCUT2D eigenvalue weighted by Crippen LogP contribution is -2.26. The minimum absolute atomic E-state index is 0.164. The third-order valence-electron chi connectivity index (χ3n) is 1.47. The van der Waals surface area contributed by atoms with Crippen LogP contribution >= 0.6 is 0 Å². The molecule has 0 aliphatic rings. The highest BCUT2D eigenvalue weighted by Gasteiger charge is 2.01. The van der Waals surface area contributed by atoms with Crippen LogP contribution in [0.2, 0.25) is 0 Å². The molecular formula is C9H15NO2. The van der Waals surface area contributed by atoms with E-state index in [2.05, 4.69) is 11.9 Å². The third kappa shape index (κ3) is 4.66. The number of hydrogen-bond acceptors (Lipinski definition) is 2. The molecule has 0 fully saturated rings. The van der Waals surface area contributed by atoms with Gasteiger partial charge in [0.2, 0.25) is 5.91 Å². The van der Waals surface area contributed by atoms with Gasteiger partial charge in [0.15, 0.2) is 0 Å². The van der Waals surface area contributed by atoms with Gasteiger partial charge in [-0.05, 0) is 6.92 Å². The van der Waals surface area contributed by atoms with Gasteiger partial charge in [0.05, 0.1) is 0 Å². The van der Waals surface area contributed by atoms with Crippen molar-refractivity contribution in [2.75, 3.05) is 6.54 Å². The molecule has 0 aromatic carbocycles. The summed E-state index contributed by atoms with van der Waals surface area (Å²) >= 11 is 0. The zero-order valence-corrected chi connectivity index (χ0v) is 7.64. The summed E-state index contributed by atoms with van der Waals surface area (Å²) in [5, 5.41) is 2.59. The van der Waals surface area contributed by atoms with E-state index in [0.29, 0.717) is 25.0 Å². The lowest BCUT2D eigenvalue weighted by Gasteiger charge is -2.02. The number of rotatable bonds is 5. The van der Waals surface area contributed by atoms with Gasteiger partial charge >= 0.3 is 0 Å². The molecule has 0 aliphatic heterocycles. The standard InChI is InChI=1S/C9H15NO2/c1-4-8(11)5-6-10-9(12)7(2)3/h2,4-6H2,1,3H3,(H,10,12). The first-order valence-corrected chi connectivity index (χ1v) is 4.03.